The lowest BCUT2D eigenvalue weighted by molar-refractivity contribution is 0.215. The molecule has 0 amide bonds. The number of benzene rings is 1. The summed E-state index contributed by atoms with van der Waals surface area (Å²) in [5, 5.41) is 4.72. The van der Waals surface area contributed by atoms with Crippen LogP contribution in [0.25, 0.3) is 0 Å². The molecular formula is C10H11F2NO5S2. The number of halogens is 2. The fourth-order valence-corrected chi connectivity index (χ4v) is 4.05. The molecule has 0 radical (unpaired) electrons. The maximum atomic E-state index is 13.7. The van der Waals surface area contributed by atoms with Gasteiger partial charge in [-0.1, -0.05) is 0 Å². The Morgan fingerprint density at radius 3 is 2.40 bits per heavy atom. The number of hydrogen-bond donors (Lipinski definition) is 1. The number of ether oxygens (including phenoxy) is 1. The Morgan fingerprint density at radius 1 is 1.25 bits per heavy atom. The Kier molecular flexibility index (Phi) is 3.73. The highest BCUT2D eigenvalue weighted by molar-refractivity contribution is 7.91. The first-order valence-electron chi connectivity index (χ1n) is 5.48. The monoisotopic (exact) mass is 327 g/mol. The predicted octanol–water partition coefficient (Wildman–Crippen LogP) is 0.178. The molecule has 1 aliphatic heterocycles. The van der Waals surface area contributed by atoms with E-state index in [4.69, 9.17) is 9.88 Å². The van der Waals surface area contributed by atoms with Crippen molar-refractivity contribution in [2.75, 3.05) is 11.5 Å². The van der Waals surface area contributed by atoms with Crippen molar-refractivity contribution >= 4 is 19.9 Å². The van der Waals surface area contributed by atoms with Crippen LogP contribution in [0.5, 0.6) is 5.75 Å². The summed E-state index contributed by atoms with van der Waals surface area (Å²) in [5.74, 6) is -4.08. The molecule has 0 saturated carbocycles. The van der Waals surface area contributed by atoms with Crippen molar-refractivity contribution in [2.24, 2.45) is 5.14 Å². The highest BCUT2D eigenvalue weighted by Crippen LogP contribution is 2.27. The van der Waals surface area contributed by atoms with Crippen LogP contribution in [0.1, 0.15) is 6.42 Å². The molecule has 0 aliphatic carbocycles. The number of hydrogen-bond acceptors (Lipinski definition) is 5. The van der Waals surface area contributed by atoms with E-state index in [1.54, 1.807) is 0 Å². The molecule has 0 bridgehead atoms. The minimum Gasteiger partial charge on any atom is -0.486 e. The predicted molar refractivity (Wildman–Crippen MR) is 65.4 cm³/mol. The number of nitrogens with two attached hydrogens (primary N) is 1. The van der Waals surface area contributed by atoms with Crippen LogP contribution in [0.3, 0.4) is 0 Å². The minimum atomic E-state index is -4.39. The fraction of sp³-hybridized carbons (Fsp3) is 0.400. The summed E-state index contributed by atoms with van der Waals surface area (Å²) in [6, 6.07) is 1.68. The van der Waals surface area contributed by atoms with Gasteiger partial charge in [0.25, 0.3) is 0 Å². The third-order valence-corrected chi connectivity index (χ3v) is 5.47. The average Bonchev–Trinajstić information content (AvgIpc) is 2.63. The quantitative estimate of drug-likeness (QED) is 0.853. The molecule has 6 nitrogen and oxygen atoms in total. The van der Waals surface area contributed by atoms with E-state index in [1.807, 2.05) is 0 Å². The maximum Gasteiger partial charge on any atom is 0.241 e. The largest absolute Gasteiger partial charge is 0.486 e. The van der Waals surface area contributed by atoms with Crippen LogP contribution < -0.4 is 9.88 Å². The first-order valence-corrected chi connectivity index (χ1v) is 8.85. The summed E-state index contributed by atoms with van der Waals surface area (Å²) in [4.78, 5) is -0.985. The van der Waals surface area contributed by atoms with Gasteiger partial charge in [-0.05, 0) is 18.6 Å². The average molecular weight is 327 g/mol. The van der Waals surface area contributed by atoms with Crippen molar-refractivity contribution < 1.29 is 30.4 Å². The maximum absolute atomic E-state index is 13.7. The van der Waals surface area contributed by atoms with Crippen LogP contribution in [-0.4, -0.2) is 34.4 Å². The van der Waals surface area contributed by atoms with Crippen molar-refractivity contribution in [1.29, 1.82) is 0 Å². The van der Waals surface area contributed by atoms with E-state index in [1.165, 1.54) is 0 Å². The molecule has 1 atom stereocenters. The molecule has 1 unspecified atom stereocenters. The molecule has 2 rings (SSSR count). The molecule has 1 fully saturated rings. The lowest BCUT2D eigenvalue weighted by Gasteiger charge is -2.13. The Morgan fingerprint density at radius 2 is 1.90 bits per heavy atom. The van der Waals surface area contributed by atoms with E-state index in [9.17, 15) is 25.6 Å². The van der Waals surface area contributed by atoms with Gasteiger partial charge in [-0.25, -0.2) is 26.4 Å². The molecule has 0 aromatic heterocycles. The van der Waals surface area contributed by atoms with Gasteiger partial charge in [0.05, 0.1) is 11.5 Å². The van der Waals surface area contributed by atoms with Crippen LogP contribution in [-0.2, 0) is 19.9 Å². The third-order valence-electron chi connectivity index (χ3n) is 2.80. The Bertz CT molecular complexity index is 745. The van der Waals surface area contributed by atoms with Gasteiger partial charge in [-0.15, -0.1) is 0 Å². The summed E-state index contributed by atoms with van der Waals surface area (Å²) < 4.78 is 76.7. The van der Waals surface area contributed by atoms with Crippen LogP contribution in [0.4, 0.5) is 8.78 Å². The number of primary sulfonamides is 1. The molecule has 112 valence electrons. The van der Waals surface area contributed by atoms with Crippen LogP contribution >= 0.6 is 0 Å². The Hall–Kier alpha value is -1.26. The van der Waals surface area contributed by atoms with E-state index < -0.39 is 48.2 Å². The molecule has 2 N–H and O–H groups in total. The molecule has 0 spiro atoms. The number of sulfone groups is 1. The van der Waals surface area contributed by atoms with Crippen molar-refractivity contribution in [3.05, 3.63) is 23.8 Å². The normalized spacial score (nSPS) is 21.9. The van der Waals surface area contributed by atoms with E-state index in [-0.39, 0.29) is 17.9 Å². The van der Waals surface area contributed by atoms with E-state index >= 15 is 0 Å². The molecule has 1 aromatic carbocycles. The van der Waals surface area contributed by atoms with Crippen molar-refractivity contribution in [2.45, 2.75) is 17.4 Å². The van der Waals surface area contributed by atoms with Gasteiger partial charge in [0.15, 0.2) is 21.4 Å². The summed E-state index contributed by atoms with van der Waals surface area (Å²) >= 11 is 0. The standard InChI is InChI=1S/C10H11F2NO5S2/c11-9-7(18-6-3-4-19(14,15)5-6)1-2-8(10(9)12)20(13,16)17/h1-2,6H,3-5H2,(H2,13,16,17). The van der Waals surface area contributed by atoms with E-state index in [0.29, 0.717) is 0 Å². The van der Waals surface area contributed by atoms with Crippen LogP contribution in [0.2, 0.25) is 0 Å². The molecule has 20 heavy (non-hydrogen) atoms. The second-order valence-electron chi connectivity index (χ2n) is 4.38. The zero-order valence-electron chi connectivity index (χ0n) is 10.0. The second-order valence-corrected chi connectivity index (χ2v) is 8.14. The van der Waals surface area contributed by atoms with E-state index in [0.717, 1.165) is 12.1 Å². The Labute approximate surface area is 114 Å². The van der Waals surface area contributed by atoms with Gasteiger partial charge < -0.3 is 4.74 Å². The van der Waals surface area contributed by atoms with Gasteiger partial charge in [-0.2, -0.15) is 4.39 Å². The van der Waals surface area contributed by atoms with Crippen LogP contribution in [0.15, 0.2) is 17.0 Å². The van der Waals surface area contributed by atoms with Gasteiger partial charge in [0, 0.05) is 0 Å². The molecule has 10 heteroatoms. The van der Waals surface area contributed by atoms with E-state index in [2.05, 4.69) is 0 Å². The van der Waals surface area contributed by atoms with Crippen molar-refractivity contribution in [3.8, 4) is 5.75 Å². The Balaban J connectivity index is 2.29. The smallest absolute Gasteiger partial charge is 0.241 e. The van der Waals surface area contributed by atoms with Gasteiger partial charge in [0.2, 0.25) is 15.8 Å². The van der Waals surface area contributed by atoms with Gasteiger partial charge >= 0.3 is 0 Å². The number of sulfonamides is 1. The first kappa shape index (κ1) is 15.1. The highest BCUT2D eigenvalue weighted by atomic mass is 32.2. The van der Waals surface area contributed by atoms with Crippen LogP contribution in [0, 0.1) is 11.6 Å². The fourth-order valence-electron chi connectivity index (χ4n) is 1.86. The molecule has 1 saturated heterocycles. The lowest BCUT2D eigenvalue weighted by Crippen LogP contribution is -2.20. The molecular weight excluding hydrogens is 316 g/mol. The SMILES string of the molecule is NS(=O)(=O)c1ccc(OC2CCS(=O)(=O)C2)c(F)c1F. The third kappa shape index (κ3) is 3.07. The second kappa shape index (κ2) is 4.93. The van der Waals surface area contributed by atoms with Crippen molar-refractivity contribution in [3.63, 3.8) is 0 Å². The van der Waals surface area contributed by atoms with Gasteiger partial charge in [0.1, 0.15) is 11.0 Å². The summed E-state index contributed by atoms with van der Waals surface area (Å²) in [7, 11) is -7.61. The lowest BCUT2D eigenvalue weighted by atomic mass is 10.3. The highest BCUT2D eigenvalue weighted by Gasteiger charge is 2.31. The molecule has 1 aromatic rings. The summed E-state index contributed by atoms with van der Waals surface area (Å²) in [6.45, 7) is 0. The van der Waals surface area contributed by atoms with Crippen molar-refractivity contribution in [1.82, 2.24) is 0 Å². The molecule has 1 aliphatic rings. The van der Waals surface area contributed by atoms with Gasteiger partial charge in [-0.3, -0.25) is 0 Å². The topological polar surface area (TPSA) is 104 Å². The summed E-state index contributed by atoms with van der Waals surface area (Å²) in [6.07, 6.45) is -0.616. The number of rotatable bonds is 3. The molecule has 1 heterocycles. The zero-order valence-corrected chi connectivity index (χ0v) is 11.7. The minimum absolute atomic E-state index is 0.0863. The first-order chi connectivity index (χ1) is 9.10. The zero-order chi connectivity index (χ0) is 15.1. The summed E-state index contributed by atoms with van der Waals surface area (Å²) in [5.41, 5.74) is 0.